The molecule has 6 nitrogen and oxygen atoms in total. The molecule has 1 N–H and O–H groups in total. The van der Waals surface area contributed by atoms with Gasteiger partial charge in [-0.3, -0.25) is 4.79 Å². The molecule has 1 atom stereocenters. The van der Waals surface area contributed by atoms with Crippen LogP contribution in [0.25, 0.3) is 11.0 Å². The molecule has 0 saturated carbocycles. The summed E-state index contributed by atoms with van der Waals surface area (Å²) >= 11 is 7.45. The van der Waals surface area contributed by atoms with Crippen molar-refractivity contribution in [3.63, 3.8) is 0 Å². The van der Waals surface area contributed by atoms with Crippen molar-refractivity contribution in [2.24, 2.45) is 0 Å². The zero-order valence-electron chi connectivity index (χ0n) is 15.9. The molecule has 2 aromatic heterocycles. The Bertz CT molecular complexity index is 1270. The molecule has 0 aliphatic carbocycles. The van der Waals surface area contributed by atoms with Gasteiger partial charge in [-0.25, -0.2) is 17.8 Å². The average molecular weight is 469 g/mol. The zero-order valence-corrected chi connectivity index (χ0v) is 18.3. The SMILES string of the molecule is CS(=O)(=O)c1ccnc2c1c(Sc1ccc(F)cc1Cl)c1n2CCCC1CC(=O)O. The van der Waals surface area contributed by atoms with Crippen molar-refractivity contribution >= 4 is 50.2 Å². The van der Waals surface area contributed by atoms with Gasteiger partial charge in [0, 0.05) is 40.4 Å². The topological polar surface area (TPSA) is 89.3 Å². The van der Waals surface area contributed by atoms with Crippen molar-refractivity contribution in [3.8, 4) is 0 Å². The van der Waals surface area contributed by atoms with Gasteiger partial charge in [0.2, 0.25) is 0 Å². The number of halogens is 2. The Balaban J connectivity index is 2.03. The second-order valence-corrected chi connectivity index (χ2v) is 10.7. The van der Waals surface area contributed by atoms with Crippen molar-refractivity contribution in [1.29, 1.82) is 0 Å². The predicted octanol–water partition coefficient (Wildman–Crippen LogP) is 4.74. The molecule has 1 unspecified atom stereocenters. The monoisotopic (exact) mass is 468 g/mol. The van der Waals surface area contributed by atoms with Crippen molar-refractivity contribution in [2.45, 2.75) is 46.4 Å². The smallest absolute Gasteiger partial charge is 0.304 e. The molecule has 0 bridgehead atoms. The number of rotatable bonds is 5. The molecule has 0 amide bonds. The van der Waals surface area contributed by atoms with Crippen LogP contribution < -0.4 is 0 Å². The summed E-state index contributed by atoms with van der Waals surface area (Å²) in [6, 6.07) is 5.46. The third-order valence-corrected chi connectivity index (χ3v) is 7.90. The Hall–Kier alpha value is -2.10. The number of sulfone groups is 1. The highest BCUT2D eigenvalue weighted by Gasteiger charge is 2.32. The van der Waals surface area contributed by atoms with E-state index in [4.69, 9.17) is 11.6 Å². The van der Waals surface area contributed by atoms with Crippen LogP contribution in [0.2, 0.25) is 5.02 Å². The largest absolute Gasteiger partial charge is 0.481 e. The van der Waals surface area contributed by atoms with Gasteiger partial charge >= 0.3 is 5.97 Å². The van der Waals surface area contributed by atoms with Crippen molar-refractivity contribution in [1.82, 2.24) is 9.55 Å². The Morgan fingerprint density at radius 1 is 1.40 bits per heavy atom. The van der Waals surface area contributed by atoms with Gasteiger partial charge in [0.1, 0.15) is 11.5 Å². The van der Waals surface area contributed by atoms with E-state index < -0.39 is 21.6 Å². The molecule has 30 heavy (non-hydrogen) atoms. The highest BCUT2D eigenvalue weighted by Crippen LogP contribution is 2.48. The molecule has 0 spiro atoms. The summed E-state index contributed by atoms with van der Waals surface area (Å²) in [5.74, 6) is -1.69. The van der Waals surface area contributed by atoms with E-state index in [1.165, 1.54) is 42.2 Å². The average Bonchev–Trinajstić information content (AvgIpc) is 2.98. The zero-order chi connectivity index (χ0) is 21.6. The number of pyridine rings is 1. The fraction of sp³-hybridized carbons (Fsp3) is 0.300. The number of nitrogens with zero attached hydrogens (tertiary/aromatic N) is 2. The molecule has 158 valence electrons. The number of aromatic nitrogens is 2. The van der Waals surface area contributed by atoms with Crippen LogP contribution in [-0.2, 0) is 21.2 Å². The van der Waals surface area contributed by atoms with E-state index in [-0.39, 0.29) is 22.3 Å². The van der Waals surface area contributed by atoms with E-state index >= 15 is 0 Å². The molecule has 0 saturated heterocycles. The van der Waals surface area contributed by atoms with E-state index in [9.17, 15) is 22.7 Å². The molecule has 1 aromatic carbocycles. The first-order chi connectivity index (χ1) is 14.2. The quantitative estimate of drug-likeness (QED) is 0.582. The molecule has 3 heterocycles. The first-order valence-corrected chi connectivity index (χ1v) is 12.3. The molecule has 1 aliphatic rings. The van der Waals surface area contributed by atoms with Crippen molar-refractivity contribution in [3.05, 3.63) is 47.0 Å². The second kappa shape index (κ2) is 7.86. The lowest BCUT2D eigenvalue weighted by Crippen LogP contribution is -2.18. The molecule has 4 rings (SSSR count). The number of benzene rings is 1. The lowest BCUT2D eigenvalue weighted by atomic mass is 9.93. The van der Waals surface area contributed by atoms with Crippen LogP contribution in [0, 0.1) is 5.82 Å². The number of aliphatic carboxylic acids is 1. The summed E-state index contributed by atoms with van der Waals surface area (Å²) in [5, 5.41) is 10.1. The Morgan fingerprint density at radius 2 is 2.17 bits per heavy atom. The Morgan fingerprint density at radius 3 is 2.83 bits per heavy atom. The number of aryl methyl sites for hydroxylation is 1. The van der Waals surface area contributed by atoms with Gasteiger partial charge < -0.3 is 9.67 Å². The molecule has 1 aliphatic heterocycles. The molecule has 0 fully saturated rings. The maximum Gasteiger partial charge on any atom is 0.304 e. The highest BCUT2D eigenvalue weighted by molar-refractivity contribution is 7.99. The number of hydrogen-bond donors (Lipinski definition) is 1. The van der Waals surface area contributed by atoms with Gasteiger partial charge in [-0.2, -0.15) is 0 Å². The van der Waals surface area contributed by atoms with Crippen molar-refractivity contribution in [2.75, 3.05) is 6.26 Å². The number of hydrogen-bond acceptors (Lipinski definition) is 5. The number of carbonyl (C=O) groups is 1. The standard InChI is InChI=1S/C20H18ClFN2O4S2/c1-30(27,28)15-6-7-23-20-17(15)19(29-14-5-4-12(22)10-13(14)21)18-11(9-16(25)26)3-2-8-24(18)20/h4-7,10-11H,2-3,8-9H2,1H3,(H,25,26). The fourth-order valence-corrected chi connectivity index (χ4v) is 6.39. The van der Waals surface area contributed by atoms with E-state index in [2.05, 4.69) is 4.98 Å². The molecular formula is C20H18ClFN2O4S2. The maximum atomic E-state index is 13.5. The van der Waals surface area contributed by atoms with Gasteiger partial charge in [0.25, 0.3) is 0 Å². The van der Waals surface area contributed by atoms with Gasteiger partial charge in [-0.05, 0) is 37.1 Å². The minimum atomic E-state index is -3.58. The van der Waals surface area contributed by atoms with Crippen LogP contribution in [0.5, 0.6) is 0 Å². The second-order valence-electron chi connectivity index (χ2n) is 7.26. The van der Waals surface area contributed by atoms with Crippen LogP contribution in [0.1, 0.15) is 30.9 Å². The highest BCUT2D eigenvalue weighted by atomic mass is 35.5. The summed E-state index contributed by atoms with van der Waals surface area (Å²) in [6.45, 7) is 0.611. The van der Waals surface area contributed by atoms with Crippen LogP contribution in [-0.4, -0.2) is 35.3 Å². The third kappa shape index (κ3) is 3.81. The van der Waals surface area contributed by atoms with E-state index in [1.807, 2.05) is 4.57 Å². The first-order valence-electron chi connectivity index (χ1n) is 9.22. The normalized spacial score (nSPS) is 16.6. The summed E-state index contributed by atoms with van der Waals surface area (Å²) in [6.07, 6.45) is 3.94. The molecule has 10 heteroatoms. The summed E-state index contributed by atoms with van der Waals surface area (Å²) in [5.41, 5.74) is 1.25. The Kier molecular flexibility index (Phi) is 5.54. The first kappa shape index (κ1) is 21.1. The van der Waals surface area contributed by atoms with Crippen molar-refractivity contribution < 1.29 is 22.7 Å². The maximum absolute atomic E-state index is 13.5. The summed E-state index contributed by atoms with van der Waals surface area (Å²) in [7, 11) is -3.58. The number of carboxylic acid groups (broad SMARTS) is 1. The van der Waals surface area contributed by atoms with Gasteiger partial charge in [-0.15, -0.1) is 0 Å². The van der Waals surface area contributed by atoms with Crippen LogP contribution in [0.3, 0.4) is 0 Å². The lowest BCUT2D eigenvalue weighted by molar-refractivity contribution is -0.137. The third-order valence-electron chi connectivity index (χ3n) is 5.15. The minimum absolute atomic E-state index is 0.0742. The van der Waals surface area contributed by atoms with Crippen LogP contribution >= 0.6 is 23.4 Å². The van der Waals surface area contributed by atoms with Gasteiger partial charge in [0.05, 0.1) is 21.7 Å². The van der Waals surface area contributed by atoms with Gasteiger partial charge in [-0.1, -0.05) is 23.4 Å². The predicted molar refractivity (Wildman–Crippen MR) is 113 cm³/mol. The van der Waals surface area contributed by atoms with E-state index in [0.717, 1.165) is 18.4 Å². The summed E-state index contributed by atoms with van der Waals surface area (Å²) in [4.78, 5) is 17.2. The Labute approximate surface area is 182 Å². The number of carboxylic acids is 1. The van der Waals surface area contributed by atoms with Crippen LogP contribution in [0.15, 0.2) is 45.1 Å². The van der Waals surface area contributed by atoms with Gasteiger partial charge in [0.15, 0.2) is 9.84 Å². The lowest BCUT2D eigenvalue weighted by Gasteiger charge is -2.25. The molecule has 3 aromatic rings. The fourth-order valence-electron chi connectivity index (χ4n) is 3.97. The number of fused-ring (bicyclic) bond motifs is 3. The summed E-state index contributed by atoms with van der Waals surface area (Å²) < 4.78 is 40.5. The van der Waals surface area contributed by atoms with E-state index in [1.54, 1.807) is 0 Å². The van der Waals surface area contributed by atoms with E-state index in [0.29, 0.717) is 33.8 Å². The molecular weight excluding hydrogens is 451 g/mol. The van der Waals surface area contributed by atoms with Crippen LogP contribution in [0.4, 0.5) is 4.39 Å². The molecule has 0 radical (unpaired) electrons. The minimum Gasteiger partial charge on any atom is -0.481 e.